The zero-order valence-corrected chi connectivity index (χ0v) is 16.8. The molecule has 2 aromatic rings. The lowest BCUT2D eigenvalue weighted by Crippen LogP contribution is -2.12. The highest BCUT2D eigenvalue weighted by molar-refractivity contribution is 9.10. The lowest BCUT2D eigenvalue weighted by Gasteiger charge is -2.13. The zero-order valence-electron chi connectivity index (χ0n) is 14.4. The molecule has 1 amide bonds. The molecule has 0 unspecified atom stereocenters. The SMILES string of the molecule is CCCOc1c(Br)cc(C(=O)Nc2nc3c(s2)CCCC3)cc1OC. The van der Waals surface area contributed by atoms with E-state index in [1.165, 1.54) is 17.7 Å². The molecular weight excluding hydrogens is 404 g/mol. The van der Waals surface area contributed by atoms with Crippen molar-refractivity contribution in [2.45, 2.75) is 39.0 Å². The molecule has 1 aromatic heterocycles. The molecule has 1 aliphatic rings. The second-order valence-electron chi connectivity index (χ2n) is 5.89. The highest BCUT2D eigenvalue weighted by atomic mass is 79.9. The van der Waals surface area contributed by atoms with E-state index >= 15 is 0 Å². The summed E-state index contributed by atoms with van der Waals surface area (Å²) in [4.78, 5) is 18.5. The predicted molar refractivity (Wildman–Crippen MR) is 103 cm³/mol. The van der Waals surface area contributed by atoms with Gasteiger partial charge in [-0.3, -0.25) is 10.1 Å². The van der Waals surface area contributed by atoms with E-state index in [0.717, 1.165) is 25.0 Å². The van der Waals surface area contributed by atoms with E-state index in [1.54, 1.807) is 30.6 Å². The van der Waals surface area contributed by atoms with E-state index in [0.29, 0.717) is 33.3 Å². The maximum absolute atomic E-state index is 12.6. The van der Waals surface area contributed by atoms with Crippen molar-refractivity contribution in [1.82, 2.24) is 4.98 Å². The molecular formula is C18H21BrN2O3S. The van der Waals surface area contributed by atoms with Gasteiger partial charge < -0.3 is 9.47 Å². The van der Waals surface area contributed by atoms with Gasteiger partial charge in [0.05, 0.1) is 23.9 Å². The number of anilines is 1. The Balaban J connectivity index is 1.79. The Kier molecular flexibility index (Phi) is 5.96. The number of nitrogens with zero attached hydrogens (tertiary/aromatic N) is 1. The third kappa shape index (κ3) is 4.15. The fourth-order valence-electron chi connectivity index (χ4n) is 2.77. The Labute approximate surface area is 159 Å². The molecule has 0 bridgehead atoms. The van der Waals surface area contributed by atoms with Crippen LogP contribution in [0.25, 0.3) is 0 Å². The normalized spacial score (nSPS) is 13.2. The van der Waals surface area contributed by atoms with Crippen LogP contribution in [-0.4, -0.2) is 24.6 Å². The van der Waals surface area contributed by atoms with Crippen LogP contribution >= 0.6 is 27.3 Å². The Morgan fingerprint density at radius 1 is 1.36 bits per heavy atom. The number of aryl methyl sites for hydroxylation is 2. The number of rotatable bonds is 6. The van der Waals surface area contributed by atoms with Crippen LogP contribution in [0.3, 0.4) is 0 Å². The standard InChI is InChI=1S/C18H21BrN2O3S/c1-3-8-24-16-12(19)9-11(10-14(16)23-2)17(22)21-18-20-13-6-4-5-7-15(13)25-18/h9-10H,3-8H2,1-2H3,(H,20,21,22). The first kappa shape index (κ1) is 18.2. The quantitative estimate of drug-likeness (QED) is 0.720. The van der Waals surface area contributed by atoms with Gasteiger partial charge in [0.1, 0.15) is 0 Å². The molecule has 1 aromatic carbocycles. The summed E-state index contributed by atoms with van der Waals surface area (Å²) in [6.45, 7) is 2.63. The molecule has 3 rings (SSSR count). The lowest BCUT2D eigenvalue weighted by molar-refractivity contribution is 0.102. The topological polar surface area (TPSA) is 60.5 Å². The van der Waals surface area contributed by atoms with E-state index in [1.807, 2.05) is 6.92 Å². The van der Waals surface area contributed by atoms with Crippen LogP contribution < -0.4 is 14.8 Å². The van der Waals surface area contributed by atoms with E-state index < -0.39 is 0 Å². The van der Waals surface area contributed by atoms with Crippen LogP contribution in [-0.2, 0) is 12.8 Å². The zero-order chi connectivity index (χ0) is 17.8. The molecule has 134 valence electrons. The number of nitrogens with one attached hydrogen (secondary N) is 1. The van der Waals surface area contributed by atoms with Gasteiger partial charge in [0.15, 0.2) is 16.6 Å². The van der Waals surface area contributed by atoms with E-state index in [9.17, 15) is 4.79 Å². The first-order valence-corrected chi connectivity index (χ1v) is 10.0. The van der Waals surface area contributed by atoms with Gasteiger partial charge in [-0.2, -0.15) is 0 Å². The average Bonchev–Trinajstić information content (AvgIpc) is 3.02. The van der Waals surface area contributed by atoms with E-state index in [4.69, 9.17) is 9.47 Å². The van der Waals surface area contributed by atoms with Crippen molar-refractivity contribution in [2.24, 2.45) is 0 Å². The number of methoxy groups -OCH3 is 1. The smallest absolute Gasteiger partial charge is 0.257 e. The summed E-state index contributed by atoms with van der Waals surface area (Å²) >= 11 is 5.05. The van der Waals surface area contributed by atoms with Crippen molar-refractivity contribution >= 4 is 38.3 Å². The first-order chi connectivity index (χ1) is 12.1. The van der Waals surface area contributed by atoms with Gasteiger partial charge >= 0.3 is 0 Å². The van der Waals surface area contributed by atoms with Crippen molar-refractivity contribution in [3.8, 4) is 11.5 Å². The molecule has 0 spiro atoms. The van der Waals surface area contributed by atoms with Crippen LogP contribution in [0, 0.1) is 0 Å². The first-order valence-electron chi connectivity index (χ1n) is 8.42. The minimum absolute atomic E-state index is 0.202. The molecule has 0 atom stereocenters. The minimum Gasteiger partial charge on any atom is -0.493 e. The summed E-state index contributed by atoms with van der Waals surface area (Å²) in [5, 5.41) is 3.57. The lowest BCUT2D eigenvalue weighted by atomic mass is 10.0. The van der Waals surface area contributed by atoms with Crippen molar-refractivity contribution < 1.29 is 14.3 Å². The monoisotopic (exact) mass is 424 g/mol. The largest absolute Gasteiger partial charge is 0.493 e. The molecule has 0 saturated heterocycles. The highest BCUT2D eigenvalue weighted by Crippen LogP contribution is 2.37. The number of benzene rings is 1. The molecule has 0 saturated carbocycles. The summed E-state index contributed by atoms with van der Waals surface area (Å²) in [5.41, 5.74) is 1.63. The fraction of sp³-hybridized carbons (Fsp3) is 0.444. The molecule has 25 heavy (non-hydrogen) atoms. The number of aromatic nitrogens is 1. The van der Waals surface area contributed by atoms with Gasteiger partial charge in [0, 0.05) is 10.4 Å². The van der Waals surface area contributed by atoms with Crippen molar-refractivity contribution in [1.29, 1.82) is 0 Å². The van der Waals surface area contributed by atoms with Gasteiger partial charge in [-0.1, -0.05) is 6.92 Å². The Morgan fingerprint density at radius 3 is 2.88 bits per heavy atom. The van der Waals surface area contributed by atoms with Crippen molar-refractivity contribution in [3.63, 3.8) is 0 Å². The summed E-state index contributed by atoms with van der Waals surface area (Å²) in [5.74, 6) is 0.948. The Bertz CT molecular complexity index is 752. The maximum atomic E-state index is 12.6. The van der Waals surface area contributed by atoms with Gasteiger partial charge in [-0.25, -0.2) is 4.98 Å². The third-order valence-corrected chi connectivity index (χ3v) is 5.67. The van der Waals surface area contributed by atoms with Crippen molar-refractivity contribution in [3.05, 3.63) is 32.7 Å². The van der Waals surface area contributed by atoms with Crippen LogP contribution in [0.4, 0.5) is 5.13 Å². The number of carbonyl (C=O) groups excluding carboxylic acids is 1. The minimum atomic E-state index is -0.202. The van der Waals surface area contributed by atoms with Crippen LogP contribution in [0.1, 0.15) is 47.1 Å². The number of fused-ring (bicyclic) bond motifs is 1. The number of halogens is 1. The number of hydrogen-bond donors (Lipinski definition) is 1. The summed E-state index contributed by atoms with van der Waals surface area (Å²) < 4.78 is 11.8. The van der Waals surface area contributed by atoms with Crippen molar-refractivity contribution in [2.75, 3.05) is 19.0 Å². The summed E-state index contributed by atoms with van der Waals surface area (Å²) in [6, 6.07) is 3.44. The predicted octanol–water partition coefficient (Wildman–Crippen LogP) is 4.83. The molecule has 5 nitrogen and oxygen atoms in total. The van der Waals surface area contributed by atoms with Crippen LogP contribution in [0.15, 0.2) is 16.6 Å². The molecule has 1 heterocycles. The fourth-order valence-corrected chi connectivity index (χ4v) is 4.37. The number of carbonyl (C=O) groups is 1. The number of thiazole rings is 1. The molecule has 7 heteroatoms. The number of amides is 1. The average molecular weight is 425 g/mol. The molecule has 1 N–H and O–H groups in total. The molecule has 0 fully saturated rings. The van der Waals surface area contributed by atoms with E-state index in [-0.39, 0.29) is 5.91 Å². The Hall–Kier alpha value is -1.60. The van der Waals surface area contributed by atoms with E-state index in [2.05, 4.69) is 26.2 Å². The summed E-state index contributed by atoms with van der Waals surface area (Å²) in [6.07, 6.45) is 5.34. The second kappa shape index (κ2) is 8.19. The maximum Gasteiger partial charge on any atom is 0.257 e. The number of ether oxygens (including phenoxy) is 2. The Morgan fingerprint density at radius 2 is 2.16 bits per heavy atom. The van der Waals surface area contributed by atoms with Gasteiger partial charge in [-0.15, -0.1) is 11.3 Å². The molecule has 1 aliphatic carbocycles. The molecule has 0 radical (unpaired) electrons. The van der Waals surface area contributed by atoms with Crippen LogP contribution in [0.5, 0.6) is 11.5 Å². The highest BCUT2D eigenvalue weighted by Gasteiger charge is 2.19. The van der Waals surface area contributed by atoms with Gasteiger partial charge in [-0.05, 0) is 60.2 Å². The van der Waals surface area contributed by atoms with Gasteiger partial charge in [0.25, 0.3) is 5.91 Å². The third-order valence-electron chi connectivity index (χ3n) is 4.01. The molecule has 0 aliphatic heterocycles. The van der Waals surface area contributed by atoms with Gasteiger partial charge in [0.2, 0.25) is 0 Å². The second-order valence-corrected chi connectivity index (χ2v) is 7.83. The number of hydrogen-bond acceptors (Lipinski definition) is 5. The van der Waals surface area contributed by atoms with Crippen LogP contribution in [0.2, 0.25) is 0 Å². The summed E-state index contributed by atoms with van der Waals surface area (Å²) in [7, 11) is 1.57.